The van der Waals surface area contributed by atoms with Gasteiger partial charge in [0.15, 0.2) is 0 Å². The molecule has 0 aliphatic rings. The largest absolute Gasteiger partial charge is 0.493 e. The third kappa shape index (κ3) is 6.55. The molecule has 120 valence electrons. The van der Waals surface area contributed by atoms with E-state index in [9.17, 15) is 4.79 Å². The Hall–Kier alpha value is -0.970. The predicted octanol–water partition coefficient (Wildman–Crippen LogP) is 3.02. The van der Waals surface area contributed by atoms with Gasteiger partial charge in [-0.1, -0.05) is 25.4 Å². The second kappa shape index (κ2) is 9.13. The third-order valence-electron chi connectivity index (χ3n) is 3.53. The number of hydrogen-bond donors (Lipinski definition) is 2. The molecule has 0 saturated carbocycles. The van der Waals surface area contributed by atoms with Gasteiger partial charge in [0, 0.05) is 11.6 Å². The molecule has 0 bridgehead atoms. The van der Waals surface area contributed by atoms with Gasteiger partial charge in [0.1, 0.15) is 5.75 Å². The molecule has 1 rings (SSSR count). The van der Waals surface area contributed by atoms with E-state index in [-0.39, 0.29) is 29.8 Å². The Bertz CT molecular complexity index is 438. The van der Waals surface area contributed by atoms with Crippen molar-refractivity contribution in [3.05, 3.63) is 29.3 Å². The summed E-state index contributed by atoms with van der Waals surface area (Å²) in [5.74, 6) is 0.918. The van der Waals surface area contributed by atoms with Gasteiger partial charge in [-0.2, -0.15) is 0 Å². The number of benzene rings is 1. The van der Waals surface area contributed by atoms with Crippen LogP contribution in [-0.2, 0) is 4.79 Å². The summed E-state index contributed by atoms with van der Waals surface area (Å²) in [4.78, 5) is 11.9. The molecule has 21 heavy (non-hydrogen) atoms. The van der Waals surface area contributed by atoms with Crippen molar-refractivity contribution in [3.8, 4) is 5.75 Å². The van der Waals surface area contributed by atoms with Gasteiger partial charge in [0.2, 0.25) is 5.91 Å². The third-order valence-corrected chi connectivity index (χ3v) is 3.79. The highest BCUT2D eigenvalue weighted by atomic mass is 35.5. The van der Waals surface area contributed by atoms with Crippen LogP contribution >= 0.6 is 24.0 Å². The number of nitrogens with one attached hydrogen (secondary N) is 1. The van der Waals surface area contributed by atoms with E-state index in [2.05, 4.69) is 5.32 Å². The molecule has 0 spiro atoms. The number of amides is 1. The second-order valence-electron chi connectivity index (χ2n) is 5.38. The number of hydrogen-bond acceptors (Lipinski definition) is 3. The number of halogens is 2. The van der Waals surface area contributed by atoms with Crippen LogP contribution in [0.4, 0.5) is 0 Å². The van der Waals surface area contributed by atoms with Crippen molar-refractivity contribution in [2.24, 2.45) is 11.7 Å². The molecule has 0 saturated heterocycles. The highest BCUT2D eigenvalue weighted by Gasteiger charge is 2.28. The first kappa shape index (κ1) is 20.0. The Labute approximate surface area is 137 Å². The molecule has 0 aliphatic heterocycles. The minimum Gasteiger partial charge on any atom is -0.493 e. The van der Waals surface area contributed by atoms with Crippen LogP contribution in [0, 0.1) is 5.92 Å². The zero-order chi connectivity index (χ0) is 15.2. The van der Waals surface area contributed by atoms with Gasteiger partial charge in [-0.25, -0.2) is 0 Å². The van der Waals surface area contributed by atoms with E-state index in [1.807, 2.05) is 20.8 Å². The Morgan fingerprint density at radius 1 is 1.38 bits per heavy atom. The minimum atomic E-state index is -0.378. The molecule has 0 aromatic heterocycles. The summed E-state index contributed by atoms with van der Waals surface area (Å²) in [6, 6.07) is 7.05. The Morgan fingerprint density at radius 2 is 1.95 bits per heavy atom. The second-order valence-corrected chi connectivity index (χ2v) is 5.81. The summed E-state index contributed by atoms with van der Waals surface area (Å²) in [5, 5.41) is 3.63. The maximum Gasteiger partial charge on any atom is 0.223 e. The summed E-state index contributed by atoms with van der Waals surface area (Å²) >= 11 is 5.78. The lowest BCUT2D eigenvalue weighted by Gasteiger charge is -2.33. The number of ether oxygens (including phenoxy) is 1. The quantitative estimate of drug-likeness (QED) is 0.805. The number of carbonyl (C=O) groups excluding carboxylic acids is 1. The standard InChI is InChI=1S/C15H23ClN2O2.ClH/c1-11(2)15(3,10-17)18-14(19)8-9-20-13-6-4-12(16)5-7-13;/h4-7,11H,8-10,17H2,1-3H3,(H,18,19);1H. The van der Waals surface area contributed by atoms with Crippen LogP contribution in [0.5, 0.6) is 5.75 Å². The fraction of sp³-hybridized carbons (Fsp3) is 0.533. The Balaban J connectivity index is 0.00000400. The molecule has 1 atom stereocenters. The van der Waals surface area contributed by atoms with Crippen molar-refractivity contribution in [1.29, 1.82) is 0 Å². The smallest absolute Gasteiger partial charge is 0.223 e. The normalized spacial score (nSPS) is 13.2. The lowest BCUT2D eigenvalue weighted by Crippen LogP contribution is -2.55. The average molecular weight is 335 g/mol. The first-order valence-electron chi connectivity index (χ1n) is 6.77. The zero-order valence-corrected chi connectivity index (χ0v) is 14.3. The van der Waals surface area contributed by atoms with Crippen molar-refractivity contribution >= 4 is 29.9 Å². The SMILES string of the molecule is CC(C)C(C)(CN)NC(=O)CCOc1ccc(Cl)cc1.Cl. The van der Waals surface area contributed by atoms with E-state index in [1.54, 1.807) is 24.3 Å². The van der Waals surface area contributed by atoms with Crippen LogP contribution in [0.2, 0.25) is 5.02 Å². The van der Waals surface area contributed by atoms with Crippen LogP contribution < -0.4 is 15.8 Å². The van der Waals surface area contributed by atoms with Gasteiger partial charge in [0.25, 0.3) is 0 Å². The summed E-state index contributed by atoms with van der Waals surface area (Å²) in [6.07, 6.45) is 0.297. The summed E-state index contributed by atoms with van der Waals surface area (Å²) in [7, 11) is 0. The molecular formula is C15H24Cl2N2O2. The molecule has 1 aromatic carbocycles. The first-order chi connectivity index (χ1) is 9.37. The average Bonchev–Trinajstić information content (AvgIpc) is 2.40. The molecule has 0 radical (unpaired) electrons. The van der Waals surface area contributed by atoms with E-state index >= 15 is 0 Å². The molecule has 1 aromatic rings. The van der Waals surface area contributed by atoms with Crippen molar-refractivity contribution in [2.75, 3.05) is 13.2 Å². The Kier molecular flexibility index (Phi) is 8.71. The van der Waals surface area contributed by atoms with Crippen molar-refractivity contribution < 1.29 is 9.53 Å². The van der Waals surface area contributed by atoms with Crippen LogP contribution in [0.25, 0.3) is 0 Å². The van der Waals surface area contributed by atoms with Gasteiger partial charge < -0.3 is 15.8 Å². The highest BCUT2D eigenvalue weighted by molar-refractivity contribution is 6.30. The molecule has 6 heteroatoms. The predicted molar refractivity (Wildman–Crippen MR) is 89.3 cm³/mol. The van der Waals surface area contributed by atoms with Crippen molar-refractivity contribution in [3.63, 3.8) is 0 Å². The first-order valence-corrected chi connectivity index (χ1v) is 7.14. The van der Waals surface area contributed by atoms with Crippen LogP contribution in [0.1, 0.15) is 27.2 Å². The topological polar surface area (TPSA) is 64.3 Å². The number of rotatable bonds is 7. The summed E-state index contributed by atoms with van der Waals surface area (Å²) in [5.41, 5.74) is 5.35. The van der Waals surface area contributed by atoms with Gasteiger partial charge in [-0.3, -0.25) is 4.79 Å². The minimum absolute atomic E-state index is 0. The van der Waals surface area contributed by atoms with Crippen LogP contribution in [0.3, 0.4) is 0 Å². The molecule has 0 fully saturated rings. The molecule has 1 unspecified atom stereocenters. The maximum absolute atomic E-state index is 11.9. The van der Waals surface area contributed by atoms with E-state index in [0.29, 0.717) is 30.3 Å². The maximum atomic E-state index is 11.9. The van der Waals surface area contributed by atoms with Crippen molar-refractivity contribution in [1.82, 2.24) is 5.32 Å². The highest BCUT2D eigenvalue weighted by Crippen LogP contribution is 2.16. The van der Waals surface area contributed by atoms with Gasteiger partial charge in [0.05, 0.1) is 18.6 Å². The number of carbonyl (C=O) groups is 1. The van der Waals surface area contributed by atoms with E-state index in [1.165, 1.54) is 0 Å². The summed E-state index contributed by atoms with van der Waals surface area (Å²) < 4.78 is 5.49. The zero-order valence-electron chi connectivity index (χ0n) is 12.7. The Morgan fingerprint density at radius 3 is 2.43 bits per heavy atom. The molecule has 1 amide bonds. The monoisotopic (exact) mass is 334 g/mol. The molecule has 4 nitrogen and oxygen atoms in total. The lowest BCUT2D eigenvalue weighted by atomic mass is 9.88. The van der Waals surface area contributed by atoms with Crippen molar-refractivity contribution in [2.45, 2.75) is 32.7 Å². The molecule has 0 aliphatic carbocycles. The van der Waals surface area contributed by atoms with Gasteiger partial charge >= 0.3 is 0 Å². The van der Waals surface area contributed by atoms with Crippen LogP contribution in [0.15, 0.2) is 24.3 Å². The number of nitrogens with two attached hydrogens (primary N) is 1. The van der Waals surface area contributed by atoms with E-state index in [0.717, 1.165) is 0 Å². The van der Waals surface area contributed by atoms with E-state index < -0.39 is 0 Å². The lowest BCUT2D eigenvalue weighted by molar-refractivity contribution is -0.123. The van der Waals surface area contributed by atoms with Gasteiger partial charge in [-0.05, 0) is 37.1 Å². The summed E-state index contributed by atoms with van der Waals surface area (Å²) in [6.45, 7) is 6.77. The molecular weight excluding hydrogens is 311 g/mol. The fourth-order valence-electron chi connectivity index (χ4n) is 1.60. The van der Waals surface area contributed by atoms with E-state index in [4.69, 9.17) is 22.1 Å². The van der Waals surface area contributed by atoms with Gasteiger partial charge in [-0.15, -0.1) is 12.4 Å². The molecule has 0 heterocycles. The fourth-order valence-corrected chi connectivity index (χ4v) is 1.73. The van der Waals surface area contributed by atoms with Crippen LogP contribution in [-0.4, -0.2) is 24.6 Å². The molecule has 3 N–H and O–H groups in total.